The van der Waals surface area contributed by atoms with E-state index >= 15 is 0 Å². The highest BCUT2D eigenvalue weighted by Gasteiger charge is 2.24. The first-order chi connectivity index (χ1) is 13.9. The fourth-order valence-electron chi connectivity index (χ4n) is 3.85. The number of aliphatic carboxylic acids is 1. The number of carboxylic acids is 1. The zero-order chi connectivity index (χ0) is 21.0. The maximum Gasteiger partial charge on any atom is 0.303 e. The number of ether oxygens (including phenoxy) is 1. The Labute approximate surface area is 171 Å². The highest BCUT2D eigenvalue weighted by atomic mass is 16.5. The Balaban J connectivity index is 1.74. The molecule has 1 amide bonds. The molecule has 0 saturated carbocycles. The molecular formula is C22H29N3O4. The fraction of sp³-hybridized carbons (Fsp3) is 0.500. The molecule has 0 spiro atoms. The van der Waals surface area contributed by atoms with Crippen LogP contribution in [0.3, 0.4) is 0 Å². The molecule has 0 bridgehead atoms. The molecule has 0 radical (unpaired) electrons. The summed E-state index contributed by atoms with van der Waals surface area (Å²) in [4.78, 5) is 25.6. The summed E-state index contributed by atoms with van der Waals surface area (Å²) in [7, 11) is 0. The monoisotopic (exact) mass is 399 g/mol. The molecule has 1 unspecified atom stereocenters. The molecule has 3 rings (SSSR count). The molecule has 7 heteroatoms. The zero-order valence-electron chi connectivity index (χ0n) is 17.4. The zero-order valence-corrected chi connectivity index (χ0v) is 17.4. The van der Waals surface area contributed by atoms with Crippen molar-refractivity contribution in [2.24, 2.45) is 0 Å². The van der Waals surface area contributed by atoms with Gasteiger partial charge in [0, 0.05) is 30.8 Å². The Hall–Kier alpha value is -2.67. The van der Waals surface area contributed by atoms with E-state index in [1.807, 2.05) is 47.7 Å². The molecule has 2 aromatic rings. The van der Waals surface area contributed by atoms with Gasteiger partial charge >= 0.3 is 5.97 Å². The Morgan fingerprint density at radius 1 is 1.24 bits per heavy atom. The lowest BCUT2D eigenvalue weighted by Gasteiger charge is -2.33. The van der Waals surface area contributed by atoms with Crippen LogP contribution in [0, 0.1) is 13.8 Å². The quantitative estimate of drug-likeness (QED) is 0.773. The van der Waals surface area contributed by atoms with Crippen molar-refractivity contribution in [2.75, 3.05) is 19.7 Å². The molecule has 156 valence electrons. The van der Waals surface area contributed by atoms with Crippen molar-refractivity contribution in [1.29, 1.82) is 0 Å². The SMILES string of the molecule is CCCC1CN(C(=O)c2ccc(-n3nc(C)c(CCC(=O)O)c3C)cc2)CCO1. The summed E-state index contributed by atoms with van der Waals surface area (Å²) in [5, 5.41) is 13.5. The van der Waals surface area contributed by atoms with E-state index in [0.29, 0.717) is 31.7 Å². The predicted molar refractivity (Wildman–Crippen MR) is 110 cm³/mol. The van der Waals surface area contributed by atoms with Gasteiger partial charge in [0.2, 0.25) is 0 Å². The third-order valence-electron chi connectivity index (χ3n) is 5.43. The van der Waals surface area contributed by atoms with Gasteiger partial charge in [-0.3, -0.25) is 9.59 Å². The van der Waals surface area contributed by atoms with Gasteiger partial charge in [0.15, 0.2) is 0 Å². The van der Waals surface area contributed by atoms with Crippen LogP contribution in [0.2, 0.25) is 0 Å². The van der Waals surface area contributed by atoms with Crippen molar-refractivity contribution in [3.63, 3.8) is 0 Å². The molecule has 7 nitrogen and oxygen atoms in total. The molecule has 1 aliphatic rings. The van der Waals surface area contributed by atoms with Crippen molar-refractivity contribution in [1.82, 2.24) is 14.7 Å². The Morgan fingerprint density at radius 2 is 1.97 bits per heavy atom. The summed E-state index contributed by atoms with van der Waals surface area (Å²) >= 11 is 0. The van der Waals surface area contributed by atoms with Gasteiger partial charge < -0.3 is 14.7 Å². The van der Waals surface area contributed by atoms with Gasteiger partial charge in [-0.25, -0.2) is 4.68 Å². The van der Waals surface area contributed by atoms with E-state index in [4.69, 9.17) is 9.84 Å². The molecule has 2 heterocycles. The van der Waals surface area contributed by atoms with Crippen LogP contribution in [-0.4, -0.2) is 57.5 Å². The molecule has 1 aromatic carbocycles. The number of aryl methyl sites for hydroxylation is 1. The minimum absolute atomic E-state index is 0.0245. The van der Waals surface area contributed by atoms with E-state index in [1.165, 1.54) is 0 Å². The highest BCUT2D eigenvalue weighted by molar-refractivity contribution is 5.94. The minimum atomic E-state index is -0.816. The predicted octanol–water partition coefficient (Wildman–Crippen LogP) is 3.15. The largest absolute Gasteiger partial charge is 0.481 e. The van der Waals surface area contributed by atoms with Crippen LogP contribution >= 0.6 is 0 Å². The van der Waals surface area contributed by atoms with Crippen molar-refractivity contribution < 1.29 is 19.4 Å². The third kappa shape index (κ3) is 4.85. The molecule has 1 saturated heterocycles. The smallest absolute Gasteiger partial charge is 0.303 e. The van der Waals surface area contributed by atoms with Gasteiger partial charge in [0.25, 0.3) is 5.91 Å². The van der Waals surface area contributed by atoms with Crippen LogP contribution < -0.4 is 0 Å². The standard InChI is InChI=1S/C22H29N3O4/c1-4-5-19-14-24(12-13-29-19)22(28)17-6-8-18(9-7-17)25-16(3)20(15(2)23-25)10-11-21(26)27/h6-9,19H,4-5,10-14H2,1-3H3,(H,26,27). The molecule has 0 aliphatic carbocycles. The lowest BCUT2D eigenvalue weighted by atomic mass is 10.1. The minimum Gasteiger partial charge on any atom is -0.481 e. The van der Waals surface area contributed by atoms with Crippen molar-refractivity contribution in [3.8, 4) is 5.69 Å². The summed E-state index contributed by atoms with van der Waals surface area (Å²) in [6.45, 7) is 7.79. The second-order valence-electron chi connectivity index (χ2n) is 7.53. The van der Waals surface area contributed by atoms with E-state index < -0.39 is 5.97 Å². The van der Waals surface area contributed by atoms with Gasteiger partial charge in [-0.1, -0.05) is 13.3 Å². The van der Waals surface area contributed by atoms with Crippen molar-refractivity contribution in [2.45, 2.75) is 52.6 Å². The van der Waals surface area contributed by atoms with Gasteiger partial charge in [-0.05, 0) is 56.5 Å². The third-order valence-corrected chi connectivity index (χ3v) is 5.43. The van der Waals surface area contributed by atoms with Crippen molar-refractivity contribution >= 4 is 11.9 Å². The lowest BCUT2D eigenvalue weighted by Crippen LogP contribution is -2.45. The number of hydrogen-bond acceptors (Lipinski definition) is 4. The number of nitrogens with zero attached hydrogens (tertiary/aromatic N) is 3. The van der Waals surface area contributed by atoms with Crippen LogP contribution in [0.1, 0.15) is 53.5 Å². The van der Waals surface area contributed by atoms with E-state index in [1.54, 1.807) is 0 Å². The number of morpholine rings is 1. The molecule has 29 heavy (non-hydrogen) atoms. The summed E-state index contributed by atoms with van der Waals surface area (Å²) in [5.74, 6) is -0.792. The molecule has 1 aromatic heterocycles. The van der Waals surface area contributed by atoms with Crippen LogP contribution in [-0.2, 0) is 16.0 Å². The molecule has 1 fully saturated rings. The van der Waals surface area contributed by atoms with Crippen LogP contribution in [0.4, 0.5) is 0 Å². The first-order valence-corrected chi connectivity index (χ1v) is 10.2. The number of aromatic nitrogens is 2. The Kier molecular flexibility index (Phi) is 6.69. The van der Waals surface area contributed by atoms with E-state index in [0.717, 1.165) is 35.5 Å². The maximum absolute atomic E-state index is 12.9. The first-order valence-electron chi connectivity index (χ1n) is 10.2. The Bertz CT molecular complexity index is 871. The second kappa shape index (κ2) is 9.22. The number of amides is 1. The van der Waals surface area contributed by atoms with Gasteiger partial charge in [-0.2, -0.15) is 5.10 Å². The lowest BCUT2D eigenvalue weighted by molar-refractivity contribution is -0.136. The van der Waals surface area contributed by atoms with E-state index in [-0.39, 0.29) is 18.4 Å². The molecule has 1 atom stereocenters. The summed E-state index contributed by atoms with van der Waals surface area (Å²) in [6.07, 6.45) is 2.67. The average Bonchev–Trinajstić information content (AvgIpc) is 3.00. The maximum atomic E-state index is 12.9. The Morgan fingerprint density at radius 3 is 2.62 bits per heavy atom. The number of hydrogen-bond donors (Lipinski definition) is 1. The number of benzene rings is 1. The summed E-state index contributed by atoms with van der Waals surface area (Å²) < 4.78 is 7.54. The first kappa shape index (κ1) is 21.0. The van der Waals surface area contributed by atoms with Crippen LogP contribution in [0.25, 0.3) is 5.69 Å². The highest BCUT2D eigenvalue weighted by Crippen LogP contribution is 2.21. The second-order valence-corrected chi connectivity index (χ2v) is 7.53. The number of rotatable bonds is 7. The summed E-state index contributed by atoms with van der Waals surface area (Å²) in [6, 6.07) is 7.43. The van der Waals surface area contributed by atoms with Crippen molar-refractivity contribution in [3.05, 3.63) is 46.8 Å². The van der Waals surface area contributed by atoms with E-state index in [2.05, 4.69) is 12.0 Å². The van der Waals surface area contributed by atoms with Gasteiger partial charge in [0.1, 0.15) is 0 Å². The van der Waals surface area contributed by atoms with Gasteiger partial charge in [0.05, 0.1) is 24.1 Å². The average molecular weight is 399 g/mol. The number of carboxylic acid groups (broad SMARTS) is 1. The molecule has 1 N–H and O–H groups in total. The topological polar surface area (TPSA) is 84.7 Å². The van der Waals surface area contributed by atoms with E-state index in [9.17, 15) is 9.59 Å². The van der Waals surface area contributed by atoms with Crippen LogP contribution in [0.5, 0.6) is 0 Å². The fourth-order valence-corrected chi connectivity index (χ4v) is 3.85. The van der Waals surface area contributed by atoms with Crippen LogP contribution in [0.15, 0.2) is 24.3 Å². The number of carbonyl (C=O) groups excluding carboxylic acids is 1. The number of carbonyl (C=O) groups is 2. The summed E-state index contributed by atoms with van der Waals surface area (Å²) in [5.41, 5.74) is 4.23. The van der Waals surface area contributed by atoms with Gasteiger partial charge in [-0.15, -0.1) is 0 Å². The molecular weight excluding hydrogens is 370 g/mol. The normalized spacial score (nSPS) is 16.8. The molecule has 1 aliphatic heterocycles.